The molecule has 0 aromatic rings. The van der Waals surface area contributed by atoms with Gasteiger partial charge < -0.3 is 19.7 Å². The maximum Gasteiger partial charge on any atom is 0.333 e. The molecule has 6 fully saturated rings. The van der Waals surface area contributed by atoms with Gasteiger partial charge in [-0.15, -0.1) is 0 Å². The molecule has 228 valence electrons. The SMILES string of the molecule is C/C=C(\C)C(=O)O[C@@H]1C[C@@H](C)[C@H](C)[C@H]2C3=CC[C@@H]4[C@]56CC[C@@](O)(OC5)C(C)(C)[C@H]6CC[C@@]4(C)[C@]3(C)CC[C@]21C(=O)O. The number of hydrogen-bond acceptors (Lipinski definition) is 5. The molecule has 2 N–H and O–H groups in total. The van der Waals surface area contributed by atoms with E-state index < -0.39 is 29.2 Å². The van der Waals surface area contributed by atoms with E-state index >= 15 is 0 Å². The van der Waals surface area contributed by atoms with Crippen LogP contribution in [0.4, 0.5) is 0 Å². The summed E-state index contributed by atoms with van der Waals surface area (Å²) in [6.07, 6.45) is 10.2. The lowest BCUT2D eigenvalue weighted by Gasteiger charge is -2.74. The fourth-order valence-corrected chi connectivity index (χ4v) is 11.8. The predicted octanol–water partition coefficient (Wildman–Crippen LogP) is 6.92. The predicted molar refractivity (Wildman–Crippen MR) is 157 cm³/mol. The first kappa shape index (κ1) is 29.4. The van der Waals surface area contributed by atoms with Gasteiger partial charge in [0.05, 0.1) is 6.61 Å². The maximum atomic E-state index is 13.5. The van der Waals surface area contributed by atoms with E-state index in [-0.39, 0.29) is 39.4 Å². The summed E-state index contributed by atoms with van der Waals surface area (Å²) < 4.78 is 12.5. The first-order valence-corrected chi connectivity index (χ1v) is 16.2. The highest BCUT2D eigenvalue weighted by Crippen LogP contribution is 2.78. The van der Waals surface area contributed by atoms with E-state index in [2.05, 4.69) is 47.6 Å². The van der Waals surface area contributed by atoms with Crippen molar-refractivity contribution in [2.75, 3.05) is 6.61 Å². The first-order chi connectivity index (χ1) is 19.1. The monoisotopic (exact) mass is 568 g/mol. The summed E-state index contributed by atoms with van der Waals surface area (Å²) >= 11 is 0. The Morgan fingerprint density at radius 2 is 1.76 bits per heavy atom. The van der Waals surface area contributed by atoms with Gasteiger partial charge in [0.1, 0.15) is 11.5 Å². The van der Waals surface area contributed by atoms with Crippen molar-refractivity contribution >= 4 is 11.9 Å². The second-order valence-corrected chi connectivity index (χ2v) is 16.1. The molecule has 2 heterocycles. The lowest BCUT2D eigenvalue weighted by atomic mass is 9.32. The van der Waals surface area contributed by atoms with Crippen LogP contribution in [0.2, 0.25) is 0 Å². The molecule has 5 aliphatic carbocycles. The Bertz CT molecular complexity index is 1200. The highest BCUT2D eigenvalue weighted by molar-refractivity contribution is 5.88. The second kappa shape index (κ2) is 8.94. The van der Waals surface area contributed by atoms with Crippen LogP contribution in [0.15, 0.2) is 23.3 Å². The van der Waals surface area contributed by atoms with Gasteiger partial charge in [-0.3, -0.25) is 4.79 Å². The van der Waals surface area contributed by atoms with E-state index in [4.69, 9.17) is 9.47 Å². The molecule has 2 saturated heterocycles. The van der Waals surface area contributed by atoms with Crippen LogP contribution in [0.3, 0.4) is 0 Å². The Morgan fingerprint density at radius 3 is 2.37 bits per heavy atom. The number of allylic oxidation sites excluding steroid dienone is 3. The third-order valence-corrected chi connectivity index (χ3v) is 14.9. The lowest BCUT2D eigenvalue weighted by Crippen LogP contribution is -2.73. The van der Waals surface area contributed by atoms with Gasteiger partial charge in [0, 0.05) is 28.7 Å². The quantitative estimate of drug-likeness (QED) is 0.218. The van der Waals surface area contributed by atoms with E-state index in [0.29, 0.717) is 43.3 Å². The van der Waals surface area contributed by atoms with Gasteiger partial charge in [-0.05, 0) is 93.3 Å². The number of ether oxygens (including phenoxy) is 2. The highest BCUT2D eigenvalue weighted by Gasteiger charge is 2.75. The summed E-state index contributed by atoms with van der Waals surface area (Å²) in [7, 11) is 0. The molecule has 6 heteroatoms. The topological polar surface area (TPSA) is 93.1 Å². The second-order valence-electron chi connectivity index (χ2n) is 16.1. The van der Waals surface area contributed by atoms with Crippen LogP contribution in [0.5, 0.6) is 0 Å². The first-order valence-electron chi connectivity index (χ1n) is 16.2. The molecule has 2 aliphatic heterocycles. The van der Waals surface area contributed by atoms with Gasteiger partial charge >= 0.3 is 11.9 Å². The molecule has 0 amide bonds. The van der Waals surface area contributed by atoms with Crippen molar-refractivity contribution < 1.29 is 29.3 Å². The lowest BCUT2D eigenvalue weighted by molar-refractivity contribution is -0.395. The van der Waals surface area contributed by atoms with Crippen LogP contribution >= 0.6 is 0 Å². The van der Waals surface area contributed by atoms with Crippen LogP contribution in [-0.2, 0) is 19.1 Å². The molecule has 2 bridgehead atoms. The van der Waals surface area contributed by atoms with E-state index in [9.17, 15) is 19.8 Å². The number of carboxylic acid groups (broad SMARTS) is 1. The normalized spacial score (nSPS) is 51.8. The Balaban J connectivity index is 1.45. The summed E-state index contributed by atoms with van der Waals surface area (Å²) in [5.74, 6) is -1.18. The van der Waals surface area contributed by atoms with Crippen molar-refractivity contribution in [2.45, 2.75) is 119 Å². The Kier molecular flexibility index (Phi) is 6.41. The fourth-order valence-electron chi connectivity index (χ4n) is 11.8. The number of aliphatic carboxylic acids is 1. The molecule has 4 saturated carbocycles. The van der Waals surface area contributed by atoms with E-state index in [1.165, 1.54) is 5.57 Å². The number of esters is 1. The average Bonchev–Trinajstić information content (AvgIpc) is 2.91. The summed E-state index contributed by atoms with van der Waals surface area (Å²) in [6, 6.07) is 0. The van der Waals surface area contributed by atoms with E-state index in [0.717, 1.165) is 32.1 Å². The molecule has 0 unspecified atom stereocenters. The fraction of sp³-hybridized carbons (Fsp3) is 0.829. The third-order valence-electron chi connectivity index (χ3n) is 14.9. The van der Waals surface area contributed by atoms with Crippen molar-refractivity contribution in [3.05, 3.63) is 23.3 Å². The number of hydrogen-bond donors (Lipinski definition) is 2. The van der Waals surface area contributed by atoms with Crippen LogP contribution in [-0.4, -0.2) is 40.6 Å². The van der Waals surface area contributed by atoms with Gasteiger partial charge in [-0.25, -0.2) is 4.79 Å². The minimum atomic E-state index is -1.11. The Morgan fingerprint density at radius 1 is 1.05 bits per heavy atom. The van der Waals surface area contributed by atoms with E-state index in [1.54, 1.807) is 13.0 Å². The standard InChI is InChI=1S/C35H52O6/c1-9-20(2)28(36)41-26-18-21(3)22(4)27-23-10-11-25-32(8,31(23,7)14-16-34(26,27)29(37)38)13-12-24-30(5,6)35(39)17-15-33(24,25)19-40-35/h9-10,21-22,24-27,39H,11-19H2,1-8H3,(H,37,38)/b20-9+/t21-,22+,24-,25+,26-,27+,31-,32-,33-,34-,35-/m1/s1. The maximum absolute atomic E-state index is 13.5. The van der Waals surface area contributed by atoms with Crippen molar-refractivity contribution in [3.8, 4) is 0 Å². The number of fused-ring (bicyclic) bond motifs is 7. The van der Waals surface area contributed by atoms with Crippen LogP contribution in [0, 0.1) is 56.7 Å². The molecule has 11 atom stereocenters. The molecule has 7 rings (SSSR count). The number of aliphatic hydroxyl groups is 1. The van der Waals surface area contributed by atoms with Crippen LogP contribution in [0.1, 0.15) is 107 Å². The molecular weight excluding hydrogens is 516 g/mol. The molecule has 0 aromatic carbocycles. The summed E-state index contributed by atoms with van der Waals surface area (Å²) in [5, 5.41) is 22.5. The number of carboxylic acids is 1. The van der Waals surface area contributed by atoms with Crippen molar-refractivity contribution in [1.29, 1.82) is 0 Å². The molecule has 0 radical (unpaired) electrons. The largest absolute Gasteiger partial charge is 0.481 e. The summed E-state index contributed by atoms with van der Waals surface area (Å²) in [6.45, 7) is 18.0. The zero-order chi connectivity index (χ0) is 30.0. The molecular formula is C35H52O6. The summed E-state index contributed by atoms with van der Waals surface area (Å²) in [5.41, 5.74) is 0.306. The molecule has 0 aromatic heterocycles. The number of rotatable bonds is 3. The highest BCUT2D eigenvalue weighted by atomic mass is 16.6. The van der Waals surface area contributed by atoms with Crippen LogP contribution < -0.4 is 0 Å². The third kappa shape index (κ3) is 3.38. The molecule has 41 heavy (non-hydrogen) atoms. The van der Waals surface area contributed by atoms with Gasteiger partial charge in [0.25, 0.3) is 0 Å². The van der Waals surface area contributed by atoms with Crippen LogP contribution in [0.25, 0.3) is 0 Å². The zero-order valence-electron chi connectivity index (χ0n) is 26.5. The molecule has 1 spiro atoms. The van der Waals surface area contributed by atoms with Gasteiger partial charge in [0.15, 0.2) is 5.79 Å². The molecule has 7 aliphatic rings. The van der Waals surface area contributed by atoms with Gasteiger partial charge in [-0.1, -0.05) is 59.3 Å². The minimum absolute atomic E-state index is 0.00139. The van der Waals surface area contributed by atoms with Gasteiger partial charge in [0.2, 0.25) is 0 Å². The van der Waals surface area contributed by atoms with E-state index in [1.807, 2.05) is 6.92 Å². The van der Waals surface area contributed by atoms with Crippen molar-refractivity contribution in [2.24, 2.45) is 56.7 Å². The average molecular weight is 569 g/mol. The molecule has 6 nitrogen and oxygen atoms in total. The van der Waals surface area contributed by atoms with Crippen molar-refractivity contribution in [3.63, 3.8) is 0 Å². The Hall–Kier alpha value is -1.66. The summed E-state index contributed by atoms with van der Waals surface area (Å²) in [4.78, 5) is 26.5. The minimum Gasteiger partial charge on any atom is -0.481 e. The van der Waals surface area contributed by atoms with Gasteiger partial charge in [-0.2, -0.15) is 0 Å². The zero-order valence-corrected chi connectivity index (χ0v) is 26.5. The number of carbonyl (C=O) groups is 2. The smallest absolute Gasteiger partial charge is 0.333 e. The Labute approximate surface area is 246 Å². The van der Waals surface area contributed by atoms with Crippen molar-refractivity contribution in [1.82, 2.24) is 0 Å². The number of carbonyl (C=O) groups excluding carboxylic acids is 1.